The summed E-state index contributed by atoms with van der Waals surface area (Å²) in [5, 5.41) is 0.928. The van der Waals surface area contributed by atoms with E-state index < -0.39 is 0 Å². The SMILES string of the molecule is CC(=O)c1cn(C)c2ccncc12. The minimum Gasteiger partial charge on any atom is -0.350 e. The van der Waals surface area contributed by atoms with Gasteiger partial charge in [0, 0.05) is 36.6 Å². The highest BCUT2D eigenvalue weighted by Crippen LogP contribution is 2.19. The van der Waals surface area contributed by atoms with Crippen LogP contribution in [0.3, 0.4) is 0 Å². The number of hydrogen-bond acceptors (Lipinski definition) is 2. The zero-order chi connectivity index (χ0) is 9.42. The zero-order valence-corrected chi connectivity index (χ0v) is 7.61. The number of hydrogen-bond donors (Lipinski definition) is 0. The van der Waals surface area contributed by atoms with Gasteiger partial charge in [-0.05, 0) is 13.0 Å². The van der Waals surface area contributed by atoms with Crippen molar-refractivity contribution in [2.45, 2.75) is 6.92 Å². The normalized spacial score (nSPS) is 10.6. The molecule has 66 valence electrons. The molecule has 0 radical (unpaired) electrons. The molecule has 0 saturated heterocycles. The van der Waals surface area contributed by atoms with Gasteiger partial charge in [-0.3, -0.25) is 9.78 Å². The summed E-state index contributed by atoms with van der Waals surface area (Å²) in [6, 6.07) is 1.90. The highest BCUT2D eigenvalue weighted by atomic mass is 16.1. The largest absolute Gasteiger partial charge is 0.350 e. The van der Waals surface area contributed by atoms with Gasteiger partial charge in [0.05, 0.1) is 5.52 Å². The Balaban J connectivity index is 2.85. The summed E-state index contributed by atoms with van der Waals surface area (Å²) in [5.41, 5.74) is 1.78. The van der Waals surface area contributed by atoms with Crippen molar-refractivity contribution in [2.75, 3.05) is 0 Å². The molecular formula is C10H10N2O. The lowest BCUT2D eigenvalue weighted by Crippen LogP contribution is -1.89. The van der Waals surface area contributed by atoms with Crippen molar-refractivity contribution in [1.29, 1.82) is 0 Å². The lowest BCUT2D eigenvalue weighted by Gasteiger charge is -1.92. The summed E-state index contributed by atoms with van der Waals surface area (Å²) < 4.78 is 1.94. The maximum atomic E-state index is 11.2. The first-order chi connectivity index (χ1) is 6.20. The van der Waals surface area contributed by atoms with Crippen LogP contribution in [-0.4, -0.2) is 15.3 Å². The molecule has 0 N–H and O–H groups in total. The van der Waals surface area contributed by atoms with Crippen molar-refractivity contribution in [2.24, 2.45) is 7.05 Å². The fourth-order valence-corrected chi connectivity index (χ4v) is 1.52. The molecule has 2 heterocycles. The molecule has 0 aliphatic heterocycles. The molecule has 0 atom stereocenters. The highest BCUT2D eigenvalue weighted by Gasteiger charge is 2.08. The standard InChI is InChI=1S/C10H10N2O/c1-7(13)9-6-12(2)10-3-4-11-5-8(9)10/h3-6H,1-2H3. The molecule has 2 aromatic heterocycles. The lowest BCUT2D eigenvalue weighted by molar-refractivity contribution is 0.101. The predicted octanol–water partition coefficient (Wildman–Crippen LogP) is 1.78. The number of carbonyl (C=O) groups excluding carboxylic acids is 1. The van der Waals surface area contributed by atoms with Crippen molar-refractivity contribution >= 4 is 16.7 Å². The number of aryl methyl sites for hydroxylation is 1. The van der Waals surface area contributed by atoms with Crippen LogP contribution in [-0.2, 0) is 7.05 Å². The molecule has 2 rings (SSSR count). The van der Waals surface area contributed by atoms with E-state index in [1.54, 1.807) is 19.3 Å². The van der Waals surface area contributed by atoms with E-state index in [0.29, 0.717) is 0 Å². The first kappa shape index (κ1) is 7.98. The fourth-order valence-electron chi connectivity index (χ4n) is 1.52. The van der Waals surface area contributed by atoms with E-state index in [1.165, 1.54) is 0 Å². The molecular weight excluding hydrogens is 164 g/mol. The Labute approximate surface area is 76.0 Å². The molecule has 3 nitrogen and oxygen atoms in total. The Morgan fingerprint density at radius 3 is 3.00 bits per heavy atom. The molecule has 0 bridgehead atoms. The molecule has 0 unspecified atom stereocenters. The lowest BCUT2D eigenvalue weighted by atomic mass is 10.2. The molecule has 0 aromatic carbocycles. The third kappa shape index (κ3) is 1.13. The van der Waals surface area contributed by atoms with Gasteiger partial charge in [-0.1, -0.05) is 0 Å². The summed E-state index contributed by atoms with van der Waals surface area (Å²) in [7, 11) is 1.93. The summed E-state index contributed by atoms with van der Waals surface area (Å²) in [5.74, 6) is 0.0820. The van der Waals surface area contributed by atoms with Crippen molar-refractivity contribution in [1.82, 2.24) is 9.55 Å². The van der Waals surface area contributed by atoms with Crippen LogP contribution in [0.4, 0.5) is 0 Å². The summed E-state index contributed by atoms with van der Waals surface area (Å²) in [6.07, 6.45) is 5.30. The maximum Gasteiger partial charge on any atom is 0.162 e. The predicted molar refractivity (Wildman–Crippen MR) is 50.7 cm³/mol. The number of ketones is 1. The highest BCUT2D eigenvalue weighted by molar-refractivity contribution is 6.06. The minimum atomic E-state index is 0.0820. The van der Waals surface area contributed by atoms with Crippen LogP contribution >= 0.6 is 0 Å². The van der Waals surface area contributed by atoms with Crippen LogP contribution in [0.2, 0.25) is 0 Å². The number of Topliss-reactive ketones (excluding diaryl/α,β-unsaturated/α-hetero) is 1. The van der Waals surface area contributed by atoms with Crippen LogP contribution in [0, 0.1) is 0 Å². The summed E-state index contributed by atoms with van der Waals surface area (Å²) in [4.78, 5) is 15.2. The first-order valence-electron chi connectivity index (χ1n) is 4.10. The van der Waals surface area contributed by atoms with Crippen LogP contribution in [0.5, 0.6) is 0 Å². The first-order valence-corrected chi connectivity index (χ1v) is 4.10. The average Bonchev–Trinajstić information content (AvgIpc) is 2.45. The van der Waals surface area contributed by atoms with Crippen molar-refractivity contribution in [3.05, 3.63) is 30.2 Å². The molecule has 13 heavy (non-hydrogen) atoms. The zero-order valence-electron chi connectivity index (χ0n) is 7.61. The monoisotopic (exact) mass is 174 g/mol. The Morgan fingerprint density at radius 1 is 1.54 bits per heavy atom. The van der Waals surface area contributed by atoms with Gasteiger partial charge in [-0.2, -0.15) is 0 Å². The number of aromatic nitrogens is 2. The van der Waals surface area contributed by atoms with Gasteiger partial charge in [0.2, 0.25) is 0 Å². The number of carbonyl (C=O) groups is 1. The van der Waals surface area contributed by atoms with E-state index >= 15 is 0 Å². The van der Waals surface area contributed by atoms with Crippen LogP contribution in [0.1, 0.15) is 17.3 Å². The second-order valence-corrected chi connectivity index (χ2v) is 3.10. The molecule has 0 spiro atoms. The molecule has 0 fully saturated rings. The smallest absolute Gasteiger partial charge is 0.162 e. The molecule has 0 saturated carbocycles. The van der Waals surface area contributed by atoms with Crippen molar-refractivity contribution in [3.63, 3.8) is 0 Å². The third-order valence-corrected chi connectivity index (χ3v) is 2.17. The fraction of sp³-hybridized carbons (Fsp3) is 0.200. The van der Waals surface area contributed by atoms with Gasteiger partial charge in [-0.25, -0.2) is 0 Å². The number of nitrogens with zero attached hydrogens (tertiary/aromatic N) is 2. The van der Waals surface area contributed by atoms with Crippen molar-refractivity contribution < 1.29 is 4.79 Å². The van der Waals surface area contributed by atoms with Gasteiger partial charge in [-0.15, -0.1) is 0 Å². The molecule has 2 aromatic rings. The molecule has 0 amide bonds. The second kappa shape index (κ2) is 2.69. The Kier molecular flexibility index (Phi) is 1.65. The van der Waals surface area contributed by atoms with E-state index in [4.69, 9.17) is 0 Å². The van der Waals surface area contributed by atoms with Gasteiger partial charge in [0.25, 0.3) is 0 Å². The Bertz CT molecular complexity index is 471. The number of pyridine rings is 1. The van der Waals surface area contributed by atoms with E-state index in [-0.39, 0.29) is 5.78 Å². The van der Waals surface area contributed by atoms with Gasteiger partial charge in [0.15, 0.2) is 5.78 Å². The van der Waals surface area contributed by atoms with Crippen LogP contribution in [0.25, 0.3) is 10.9 Å². The van der Waals surface area contributed by atoms with Crippen LogP contribution < -0.4 is 0 Å². The third-order valence-electron chi connectivity index (χ3n) is 2.17. The number of fused-ring (bicyclic) bond motifs is 1. The maximum absolute atomic E-state index is 11.2. The summed E-state index contributed by atoms with van der Waals surface area (Å²) >= 11 is 0. The average molecular weight is 174 g/mol. The topological polar surface area (TPSA) is 34.9 Å². The Hall–Kier alpha value is -1.64. The van der Waals surface area contributed by atoms with Gasteiger partial charge >= 0.3 is 0 Å². The van der Waals surface area contributed by atoms with E-state index in [1.807, 2.05) is 23.9 Å². The number of rotatable bonds is 1. The summed E-state index contributed by atoms with van der Waals surface area (Å²) in [6.45, 7) is 1.57. The second-order valence-electron chi connectivity index (χ2n) is 3.10. The van der Waals surface area contributed by atoms with Gasteiger partial charge < -0.3 is 4.57 Å². The molecule has 0 aliphatic rings. The van der Waals surface area contributed by atoms with E-state index in [0.717, 1.165) is 16.5 Å². The van der Waals surface area contributed by atoms with Crippen molar-refractivity contribution in [3.8, 4) is 0 Å². The van der Waals surface area contributed by atoms with E-state index in [9.17, 15) is 4.79 Å². The molecule has 0 aliphatic carbocycles. The Morgan fingerprint density at radius 2 is 2.31 bits per heavy atom. The minimum absolute atomic E-state index is 0.0820. The molecule has 3 heteroatoms. The van der Waals surface area contributed by atoms with Gasteiger partial charge in [0.1, 0.15) is 0 Å². The van der Waals surface area contributed by atoms with E-state index in [2.05, 4.69) is 4.98 Å². The quantitative estimate of drug-likeness (QED) is 0.617. The van der Waals surface area contributed by atoms with Crippen LogP contribution in [0.15, 0.2) is 24.7 Å².